The molecule has 0 aliphatic carbocycles. The average molecular weight is 765 g/mol. The zero-order valence-corrected chi connectivity index (χ0v) is 28.9. The standard InChI is InChI=1S/C31H33Br3N4O4/c1-17-24(10-11-26(39)41-4)29(13-12-27(40)42-5)19(3)31(34)18(2)28(32)30(33,38-31)16-23-9-8-21(36-23)14-20-6-7-22(35-20)15-25(17)37-29/h6-9,14-16,19,35,38H,10-13H2,1-5H3. The van der Waals surface area contributed by atoms with Crippen LogP contribution in [0.15, 0.2) is 67.2 Å². The highest BCUT2D eigenvalue weighted by Crippen LogP contribution is 2.57. The highest BCUT2D eigenvalue weighted by Gasteiger charge is 2.58. The van der Waals surface area contributed by atoms with E-state index in [-0.39, 0.29) is 30.7 Å². The molecule has 42 heavy (non-hydrogen) atoms. The number of ether oxygens (including phenoxy) is 2. The van der Waals surface area contributed by atoms with Crippen LogP contribution in [0.1, 0.15) is 46.5 Å². The van der Waals surface area contributed by atoms with Gasteiger partial charge in [-0.05, 0) is 85.9 Å². The molecule has 4 atom stereocenters. The maximum atomic E-state index is 12.6. The van der Waals surface area contributed by atoms with Crippen molar-refractivity contribution < 1.29 is 19.1 Å². The molecule has 0 saturated heterocycles. The van der Waals surface area contributed by atoms with E-state index >= 15 is 0 Å². The van der Waals surface area contributed by atoms with Crippen LogP contribution >= 0.6 is 47.8 Å². The smallest absolute Gasteiger partial charge is 0.305 e. The number of methoxy groups -OCH3 is 2. The zero-order valence-electron chi connectivity index (χ0n) is 24.1. The molecule has 1 aromatic heterocycles. The number of fused-ring (bicyclic) bond motifs is 6. The number of allylic oxidation sites excluding steroid dienone is 3. The number of aromatic amines is 1. The number of alkyl halides is 2. The van der Waals surface area contributed by atoms with Crippen molar-refractivity contribution in [3.8, 4) is 0 Å². The van der Waals surface area contributed by atoms with Crippen LogP contribution in [0.2, 0.25) is 0 Å². The minimum Gasteiger partial charge on any atom is -0.469 e. The summed E-state index contributed by atoms with van der Waals surface area (Å²) in [6, 6.07) is 4.02. The van der Waals surface area contributed by atoms with Gasteiger partial charge < -0.3 is 14.5 Å². The summed E-state index contributed by atoms with van der Waals surface area (Å²) < 4.78 is 9.45. The molecule has 4 aliphatic heterocycles. The Labute approximate surface area is 270 Å². The second-order valence-corrected chi connectivity index (χ2v) is 14.3. The molecule has 0 aromatic carbocycles. The molecule has 4 unspecified atom stereocenters. The third kappa shape index (κ3) is 5.42. The summed E-state index contributed by atoms with van der Waals surface area (Å²) in [5, 5.41) is 5.59. The SMILES string of the molecule is COC(=O)CCC1=C(C)C2=NC1(CCC(=O)OC)C(C)C1(Br)NC(Br)(C=C3C=CC(=N3)C=c3ccc([nH]3)=C2)C(Br)=C1C. The van der Waals surface area contributed by atoms with Gasteiger partial charge in [0.25, 0.3) is 0 Å². The molecule has 0 amide bonds. The lowest BCUT2D eigenvalue weighted by Gasteiger charge is -2.45. The lowest BCUT2D eigenvalue weighted by Crippen LogP contribution is -2.56. The largest absolute Gasteiger partial charge is 0.469 e. The van der Waals surface area contributed by atoms with Crippen molar-refractivity contribution in [2.24, 2.45) is 15.9 Å². The van der Waals surface area contributed by atoms with E-state index in [1.807, 2.05) is 49.4 Å². The molecular weight excluding hydrogens is 732 g/mol. The molecule has 4 aliphatic rings. The number of H-pyrrole nitrogens is 1. The molecule has 2 N–H and O–H groups in total. The van der Waals surface area contributed by atoms with Gasteiger partial charge in [-0.3, -0.25) is 19.9 Å². The number of nitrogens with one attached hydrogen (secondary N) is 2. The van der Waals surface area contributed by atoms with Crippen molar-refractivity contribution in [2.45, 2.75) is 60.9 Å². The van der Waals surface area contributed by atoms with E-state index in [4.69, 9.17) is 19.5 Å². The summed E-state index contributed by atoms with van der Waals surface area (Å²) in [4.78, 5) is 38.7. The van der Waals surface area contributed by atoms with Crippen molar-refractivity contribution in [2.75, 3.05) is 14.2 Å². The lowest BCUT2D eigenvalue weighted by molar-refractivity contribution is -0.142. The maximum absolute atomic E-state index is 12.6. The Morgan fingerprint density at radius 3 is 2.38 bits per heavy atom. The Hall–Kier alpha value is -2.34. The summed E-state index contributed by atoms with van der Waals surface area (Å²) in [5.74, 6) is -0.859. The molecule has 8 bridgehead atoms. The van der Waals surface area contributed by atoms with Crippen LogP contribution in [0.5, 0.6) is 0 Å². The van der Waals surface area contributed by atoms with Crippen LogP contribution < -0.4 is 16.0 Å². The van der Waals surface area contributed by atoms with E-state index in [1.165, 1.54) is 14.2 Å². The quantitative estimate of drug-likeness (QED) is 0.242. The molecule has 8 nitrogen and oxygen atoms in total. The fourth-order valence-corrected chi connectivity index (χ4v) is 9.06. The minimum atomic E-state index is -0.855. The molecule has 5 rings (SSSR count). The maximum Gasteiger partial charge on any atom is 0.305 e. The summed E-state index contributed by atoms with van der Waals surface area (Å²) in [7, 11) is 2.79. The predicted octanol–water partition coefficient (Wildman–Crippen LogP) is 4.99. The topological polar surface area (TPSA) is 105 Å². The first-order chi connectivity index (χ1) is 19.8. The Kier molecular flexibility index (Phi) is 8.61. The monoisotopic (exact) mass is 762 g/mol. The fraction of sp³-hybridized carbons (Fsp3) is 0.419. The van der Waals surface area contributed by atoms with Crippen LogP contribution in [-0.2, 0) is 19.1 Å². The van der Waals surface area contributed by atoms with E-state index in [0.717, 1.165) is 49.0 Å². The molecule has 222 valence electrons. The first-order valence-electron chi connectivity index (χ1n) is 13.7. The second kappa shape index (κ2) is 11.6. The van der Waals surface area contributed by atoms with Crippen molar-refractivity contribution in [1.29, 1.82) is 0 Å². The van der Waals surface area contributed by atoms with Gasteiger partial charge in [0, 0.05) is 33.9 Å². The third-order valence-electron chi connectivity index (χ3n) is 8.65. The second-order valence-electron chi connectivity index (χ2n) is 11.0. The minimum absolute atomic E-state index is 0.160. The van der Waals surface area contributed by atoms with Gasteiger partial charge in [-0.15, -0.1) is 0 Å². The first-order valence-corrected chi connectivity index (χ1v) is 16.1. The molecule has 0 saturated carbocycles. The van der Waals surface area contributed by atoms with Gasteiger partial charge in [-0.25, -0.2) is 4.99 Å². The molecular formula is C31H33Br3N4O4. The molecule has 5 heterocycles. The fourth-order valence-electron chi connectivity index (χ4n) is 6.27. The van der Waals surface area contributed by atoms with Gasteiger partial charge >= 0.3 is 11.9 Å². The highest BCUT2D eigenvalue weighted by atomic mass is 79.9. The number of carbonyl (C=O) groups excluding carboxylic acids is 2. The van der Waals surface area contributed by atoms with Crippen LogP contribution in [0.3, 0.4) is 0 Å². The van der Waals surface area contributed by atoms with Gasteiger partial charge in [0.2, 0.25) is 0 Å². The number of aliphatic imine (C=N–C) groups is 2. The van der Waals surface area contributed by atoms with Crippen molar-refractivity contribution >= 4 is 83.3 Å². The Morgan fingerprint density at radius 2 is 1.69 bits per heavy atom. The van der Waals surface area contributed by atoms with E-state index in [0.29, 0.717) is 12.8 Å². The van der Waals surface area contributed by atoms with Gasteiger partial charge in [-0.2, -0.15) is 0 Å². The number of carbonyl (C=O) groups is 2. The first kappa shape index (κ1) is 31.1. The average Bonchev–Trinajstić information content (AvgIpc) is 3.70. The number of hydrogen-bond acceptors (Lipinski definition) is 7. The van der Waals surface area contributed by atoms with Crippen LogP contribution in [0.25, 0.3) is 12.2 Å². The van der Waals surface area contributed by atoms with Crippen molar-refractivity contribution in [1.82, 2.24) is 10.3 Å². The molecule has 0 spiro atoms. The van der Waals surface area contributed by atoms with Crippen molar-refractivity contribution in [3.05, 3.63) is 68.0 Å². The van der Waals surface area contributed by atoms with E-state index in [9.17, 15) is 9.59 Å². The number of esters is 2. The van der Waals surface area contributed by atoms with Crippen LogP contribution in [0, 0.1) is 5.92 Å². The van der Waals surface area contributed by atoms with Gasteiger partial charge in [-0.1, -0.05) is 54.7 Å². The lowest BCUT2D eigenvalue weighted by atomic mass is 9.70. The molecule has 0 fully saturated rings. The Bertz CT molecular complexity index is 1670. The number of aromatic nitrogens is 1. The van der Waals surface area contributed by atoms with E-state index in [1.54, 1.807) is 0 Å². The molecule has 0 radical (unpaired) electrons. The summed E-state index contributed by atoms with van der Waals surface area (Å²) in [6.07, 6.45) is 11.2. The Balaban J connectivity index is 1.78. The number of nitrogens with zero attached hydrogens (tertiary/aromatic N) is 2. The van der Waals surface area contributed by atoms with Crippen molar-refractivity contribution in [3.63, 3.8) is 0 Å². The third-order valence-corrected chi connectivity index (χ3v) is 12.7. The Morgan fingerprint density at radius 1 is 1.02 bits per heavy atom. The summed E-state index contributed by atoms with van der Waals surface area (Å²) in [5.41, 5.74) is 4.59. The van der Waals surface area contributed by atoms with Crippen LogP contribution in [-0.4, -0.2) is 57.0 Å². The van der Waals surface area contributed by atoms with E-state index in [2.05, 4.69) is 71.9 Å². The number of hydrogen-bond donors (Lipinski definition) is 2. The summed E-state index contributed by atoms with van der Waals surface area (Å²) in [6.45, 7) is 6.23. The normalized spacial score (nSPS) is 30.0. The molecule has 11 heteroatoms. The predicted molar refractivity (Wildman–Crippen MR) is 176 cm³/mol. The van der Waals surface area contributed by atoms with Crippen LogP contribution in [0.4, 0.5) is 0 Å². The highest BCUT2D eigenvalue weighted by molar-refractivity contribution is 9.14. The molecule has 1 aromatic rings. The van der Waals surface area contributed by atoms with Gasteiger partial charge in [0.05, 0.1) is 36.9 Å². The number of halogens is 3. The summed E-state index contributed by atoms with van der Waals surface area (Å²) >= 11 is 12.0. The zero-order chi connectivity index (χ0) is 30.4. The van der Waals surface area contributed by atoms with Gasteiger partial charge in [0.15, 0.2) is 0 Å². The van der Waals surface area contributed by atoms with Gasteiger partial charge in [0.1, 0.15) is 8.90 Å². The number of rotatable bonds is 6. The van der Waals surface area contributed by atoms with E-state index < -0.39 is 14.4 Å².